The highest BCUT2D eigenvalue weighted by atomic mass is 16.3. The van der Waals surface area contributed by atoms with Gasteiger partial charge in [0.2, 0.25) is 5.91 Å². The van der Waals surface area contributed by atoms with E-state index >= 15 is 0 Å². The maximum atomic E-state index is 11.5. The summed E-state index contributed by atoms with van der Waals surface area (Å²) in [4.78, 5) is 24.8. The molecule has 1 fully saturated rings. The van der Waals surface area contributed by atoms with Crippen LogP contribution in [0.15, 0.2) is 22.8 Å². The first-order chi connectivity index (χ1) is 8.27. The number of amides is 2. The van der Waals surface area contributed by atoms with Gasteiger partial charge in [-0.1, -0.05) is 0 Å². The van der Waals surface area contributed by atoms with E-state index in [4.69, 9.17) is 4.42 Å². The highest BCUT2D eigenvalue weighted by molar-refractivity contribution is 5.91. The lowest BCUT2D eigenvalue weighted by Gasteiger charge is -2.30. The molecule has 0 radical (unpaired) electrons. The van der Waals surface area contributed by atoms with Crippen LogP contribution in [0.25, 0.3) is 0 Å². The van der Waals surface area contributed by atoms with Gasteiger partial charge in [0.1, 0.15) is 0 Å². The number of hydrogen-bond acceptors (Lipinski definition) is 3. The molecule has 0 aliphatic carbocycles. The van der Waals surface area contributed by atoms with Crippen molar-refractivity contribution in [3.63, 3.8) is 0 Å². The number of rotatable bonds is 5. The van der Waals surface area contributed by atoms with Gasteiger partial charge in [0.15, 0.2) is 5.76 Å². The Bertz CT molecular complexity index is 382. The van der Waals surface area contributed by atoms with Crippen molar-refractivity contribution in [2.75, 3.05) is 19.6 Å². The molecule has 1 N–H and O–H groups in total. The van der Waals surface area contributed by atoms with Gasteiger partial charge < -0.3 is 14.6 Å². The van der Waals surface area contributed by atoms with Gasteiger partial charge >= 0.3 is 0 Å². The van der Waals surface area contributed by atoms with Crippen molar-refractivity contribution >= 4 is 11.8 Å². The molecule has 2 rings (SSSR count). The van der Waals surface area contributed by atoms with Gasteiger partial charge in [-0.3, -0.25) is 9.59 Å². The van der Waals surface area contributed by atoms with Crippen molar-refractivity contribution in [3.05, 3.63) is 24.2 Å². The first-order valence-corrected chi connectivity index (χ1v) is 5.87. The van der Waals surface area contributed by atoms with Crippen LogP contribution in [0, 0.1) is 0 Å². The second-order valence-corrected chi connectivity index (χ2v) is 4.07. The van der Waals surface area contributed by atoms with E-state index in [9.17, 15) is 9.59 Å². The van der Waals surface area contributed by atoms with Gasteiger partial charge in [-0.25, -0.2) is 0 Å². The molecule has 5 heteroatoms. The van der Waals surface area contributed by atoms with Crippen LogP contribution >= 0.6 is 0 Å². The number of carbonyl (C=O) groups is 2. The largest absolute Gasteiger partial charge is 0.459 e. The zero-order valence-electron chi connectivity index (χ0n) is 9.65. The fourth-order valence-electron chi connectivity index (χ4n) is 1.66. The van der Waals surface area contributed by atoms with Crippen molar-refractivity contribution in [2.24, 2.45) is 0 Å². The number of carbonyl (C=O) groups excluding carboxylic acids is 2. The molecule has 0 aromatic carbocycles. The van der Waals surface area contributed by atoms with Crippen molar-refractivity contribution in [1.82, 2.24) is 10.2 Å². The third kappa shape index (κ3) is 3.09. The minimum Gasteiger partial charge on any atom is -0.459 e. The Labute approximate surface area is 99.8 Å². The highest BCUT2D eigenvalue weighted by Crippen LogP contribution is 2.08. The normalized spacial score (nSPS) is 14.2. The molecule has 1 aliphatic rings. The van der Waals surface area contributed by atoms with Gasteiger partial charge in [-0.05, 0) is 25.0 Å². The summed E-state index contributed by atoms with van der Waals surface area (Å²) >= 11 is 0. The molecule has 2 heterocycles. The molecule has 5 nitrogen and oxygen atoms in total. The quantitative estimate of drug-likeness (QED) is 0.776. The predicted molar refractivity (Wildman–Crippen MR) is 61.5 cm³/mol. The summed E-state index contributed by atoms with van der Waals surface area (Å²) in [6.07, 6.45) is 3.74. The van der Waals surface area contributed by atoms with Crippen LogP contribution in [0.1, 0.15) is 29.8 Å². The van der Waals surface area contributed by atoms with Crippen LogP contribution in [0.4, 0.5) is 0 Å². The van der Waals surface area contributed by atoms with Gasteiger partial charge in [0.25, 0.3) is 5.91 Å². The maximum Gasteiger partial charge on any atom is 0.286 e. The molecule has 17 heavy (non-hydrogen) atoms. The Balaban J connectivity index is 1.60. The number of furan rings is 1. The second-order valence-electron chi connectivity index (χ2n) is 4.07. The molecule has 1 aromatic rings. The summed E-state index contributed by atoms with van der Waals surface area (Å²) < 4.78 is 4.95. The van der Waals surface area contributed by atoms with Crippen LogP contribution < -0.4 is 5.32 Å². The average Bonchev–Trinajstić information content (AvgIpc) is 2.74. The SMILES string of the molecule is O=C(NCCCC(=O)N1CCC1)c1ccco1. The molecule has 92 valence electrons. The number of nitrogens with zero attached hydrogens (tertiary/aromatic N) is 1. The minimum atomic E-state index is -0.230. The van der Waals surface area contributed by atoms with E-state index in [1.54, 1.807) is 12.1 Å². The standard InChI is InChI=1S/C12H16N2O3/c15-11(14-7-3-8-14)5-1-6-13-12(16)10-4-2-9-17-10/h2,4,9H,1,3,5-8H2,(H,13,16). The van der Waals surface area contributed by atoms with Crippen LogP contribution in [0.3, 0.4) is 0 Å². The fourth-order valence-corrected chi connectivity index (χ4v) is 1.66. The molecule has 1 aromatic heterocycles. The van der Waals surface area contributed by atoms with Crippen molar-refractivity contribution in [3.8, 4) is 0 Å². The highest BCUT2D eigenvalue weighted by Gasteiger charge is 2.19. The fraction of sp³-hybridized carbons (Fsp3) is 0.500. The second kappa shape index (κ2) is 5.52. The first kappa shape index (κ1) is 11.7. The van der Waals surface area contributed by atoms with E-state index in [1.807, 2.05) is 4.90 Å². The Morgan fingerprint density at radius 1 is 1.41 bits per heavy atom. The van der Waals surface area contributed by atoms with E-state index in [-0.39, 0.29) is 11.8 Å². The topological polar surface area (TPSA) is 62.6 Å². The molecule has 0 unspecified atom stereocenters. The molecule has 2 amide bonds. The van der Waals surface area contributed by atoms with Crippen molar-refractivity contribution < 1.29 is 14.0 Å². The van der Waals surface area contributed by atoms with Crippen LogP contribution in [0.5, 0.6) is 0 Å². The van der Waals surface area contributed by atoms with Crippen molar-refractivity contribution in [1.29, 1.82) is 0 Å². The minimum absolute atomic E-state index is 0.184. The van der Waals surface area contributed by atoms with Crippen LogP contribution in [-0.4, -0.2) is 36.3 Å². The molecule has 0 saturated carbocycles. The van der Waals surface area contributed by atoms with Gasteiger partial charge in [-0.2, -0.15) is 0 Å². The zero-order valence-corrected chi connectivity index (χ0v) is 9.65. The first-order valence-electron chi connectivity index (χ1n) is 5.87. The third-order valence-electron chi connectivity index (χ3n) is 2.81. The Kier molecular flexibility index (Phi) is 3.80. The Morgan fingerprint density at radius 2 is 2.24 bits per heavy atom. The lowest BCUT2D eigenvalue weighted by atomic mass is 10.2. The Morgan fingerprint density at radius 3 is 2.82 bits per heavy atom. The Hall–Kier alpha value is -1.78. The smallest absolute Gasteiger partial charge is 0.286 e. The van der Waals surface area contributed by atoms with Crippen molar-refractivity contribution in [2.45, 2.75) is 19.3 Å². The summed E-state index contributed by atoms with van der Waals surface area (Å²) in [6, 6.07) is 3.28. The van der Waals surface area contributed by atoms with Gasteiger partial charge in [0, 0.05) is 26.1 Å². The summed E-state index contributed by atoms with van der Waals surface area (Å²) in [5.74, 6) is 0.258. The molecule has 0 bridgehead atoms. The number of hydrogen-bond donors (Lipinski definition) is 1. The number of likely N-dealkylation sites (tertiary alicyclic amines) is 1. The van der Waals surface area contributed by atoms with E-state index in [1.165, 1.54) is 6.26 Å². The number of nitrogens with one attached hydrogen (secondary N) is 1. The lowest BCUT2D eigenvalue weighted by Crippen LogP contribution is -2.42. The summed E-state index contributed by atoms with van der Waals surface area (Å²) in [6.45, 7) is 2.27. The van der Waals surface area contributed by atoms with Crippen LogP contribution in [0.2, 0.25) is 0 Å². The summed E-state index contributed by atoms with van der Waals surface area (Å²) in [5, 5.41) is 2.71. The molecule has 1 aliphatic heterocycles. The van der Waals surface area contributed by atoms with E-state index in [0.717, 1.165) is 19.5 Å². The van der Waals surface area contributed by atoms with Gasteiger partial charge in [-0.15, -0.1) is 0 Å². The molecule has 0 spiro atoms. The molecular formula is C12H16N2O3. The maximum absolute atomic E-state index is 11.5. The molecule has 1 saturated heterocycles. The average molecular weight is 236 g/mol. The van der Waals surface area contributed by atoms with E-state index < -0.39 is 0 Å². The summed E-state index contributed by atoms with van der Waals surface area (Å²) in [5.41, 5.74) is 0. The zero-order chi connectivity index (χ0) is 12.1. The van der Waals surface area contributed by atoms with Gasteiger partial charge in [0.05, 0.1) is 6.26 Å². The van der Waals surface area contributed by atoms with E-state index in [2.05, 4.69) is 5.32 Å². The van der Waals surface area contributed by atoms with Crippen LogP contribution in [-0.2, 0) is 4.79 Å². The monoisotopic (exact) mass is 236 g/mol. The summed E-state index contributed by atoms with van der Waals surface area (Å²) in [7, 11) is 0. The predicted octanol–water partition coefficient (Wildman–Crippen LogP) is 1.02. The molecule has 0 atom stereocenters. The lowest BCUT2D eigenvalue weighted by molar-refractivity contribution is -0.134. The third-order valence-corrected chi connectivity index (χ3v) is 2.81. The molecular weight excluding hydrogens is 220 g/mol. The van der Waals surface area contributed by atoms with E-state index in [0.29, 0.717) is 25.1 Å².